The van der Waals surface area contributed by atoms with Crippen LogP contribution in [-0.4, -0.2) is 219 Å². The van der Waals surface area contributed by atoms with Crippen molar-refractivity contribution in [1.82, 2.24) is 42.5 Å². The molecule has 0 bridgehead atoms. The van der Waals surface area contributed by atoms with Crippen LogP contribution >= 0.6 is 0 Å². The number of nitrogens with zero attached hydrogens (tertiary/aromatic N) is 3. The highest BCUT2D eigenvalue weighted by Gasteiger charge is 2.36. The number of carboxylic acid groups (broad SMARTS) is 4. The van der Waals surface area contributed by atoms with Crippen LogP contribution in [0.15, 0.2) is 15.0 Å². The van der Waals surface area contributed by atoms with Crippen LogP contribution in [0.3, 0.4) is 0 Å². The summed E-state index contributed by atoms with van der Waals surface area (Å²) in [5.74, 6) is -18.2. The fraction of sp³-hybridized carbons (Fsp3) is 0.615. The van der Waals surface area contributed by atoms with Gasteiger partial charge in [-0.3, -0.25) is 67.7 Å². The monoisotopic (exact) mass is 1090 g/mol. The molecule has 0 spiro atoms. The summed E-state index contributed by atoms with van der Waals surface area (Å²) in [5, 5.41) is 83.9. The Morgan fingerprint density at radius 2 is 0.579 bits per heavy atom. The number of nitrogens with one attached hydrogen (secondary N) is 8. The van der Waals surface area contributed by atoms with Crippen LogP contribution < -0.4 is 82.7 Å². The van der Waals surface area contributed by atoms with Crippen molar-refractivity contribution in [1.29, 1.82) is 0 Å². The number of carbonyl (C=O) groups excluding carboxylic acids is 8. The molecule has 0 rings (SSSR count). The molecular formula is C39H68N18O19. The van der Waals surface area contributed by atoms with Gasteiger partial charge in [0.2, 0.25) is 47.3 Å². The third-order valence-corrected chi connectivity index (χ3v) is 9.92. The van der Waals surface area contributed by atoms with Crippen LogP contribution in [0.25, 0.3) is 0 Å². The lowest BCUT2D eigenvalue weighted by atomic mass is 10.1. The van der Waals surface area contributed by atoms with E-state index >= 15 is 0 Å². The molecule has 428 valence electrons. The van der Waals surface area contributed by atoms with Gasteiger partial charge in [0.1, 0.15) is 54.4 Å². The van der Waals surface area contributed by atoms with Gasteiger partial charge in [0, 0.05) is 19.6 Å². The third kappa shape index (κ3) is 27.9. The van der Waals surface area contributed by atoms with E-state index in [9.17, 15) is 88.2 Å². The number of rotatable bonds is 38. The summed E-state index contributed by atoms with van der Waals surface area (Å²) < 4.78 is 0. The van der Waals surface area contributed by atoms with E-state index in [-0.39, 0.29) is 63.7 Å². The predicted molar refractivity (Wildman–Crippen MR) is 259 cm³/mol. The number of hydrogen-bond donors (Lipinski definition) is 22. The summed E-state index contributed by atoms with van der Waals surface area (Å²) >= 11 is 0. The van der Waals surface area contributed by atoms with Gasteiger partial charge >= 0.3 is 23.9 Å². The molecule has 0 aliphatic carbocycles. The second-order valence-electron chi connectivity index (χ2n) is 16.1. The van der Waals surface area contributed by atoms with Crippen LogP contribution in [-0.2, 0) is 57.5 Å². The zero-order valence-electron chi connectivity index (χ0n) is 40.7. The molecule has 0 aliphatic rings. The number of nitrogens with two attached hydrogens (primary N) is 7. The van der Waals surface area contributed by atoms with E-state index in [0.29, 0.717) is 0 Å². The minimum Gasteiger partial charge on any atom is -0.481 e. The molecule has 9 atom stereocenters. The van der Waals surface area contributed by atoms with Gasteiger partial charge in [-0.15, -0.1) is 0 Å². The fourth-order valence-corrected chi connectivity index (χ4v) is 6.12. The van der Waals surface area contributed by atoms with Gasteiger partial charge in [-0.1, -0.05) is 0 Å². The molecule has 37 nitrogen and oxygen atoms in total. The molecule has 0 heterocycles. The summed E-state index contributed by atoms with van der Waals surface area (Å²) in [6, 6.07) is -16.8. The smallest absolute Gasteiger partial charge is 0.326 e. The van der Waals surface area contributed by atoms with E-state index in [0.717, 1.165) is 0 Å². The highest BCUT2D eigenvalue weighted by atomic mass is 16.4. The summed E-state index contributed by atoms with van der Waals surface area (Å²) in [6.07, 6.45) is -4.65. The van der Waals surface area contributed by atoms with Gasteiger partial charge in [0.05, 0.1) is 39.1 Å². The van der Waals surface area contributed by atoms with Crippen molar-refractivity contribution in [2.24, 2.45) is 55.1 Å². The summed E-state index contributed by atoms with van der Waals surface area (Å²) in [5.41, 5.74) is 37.4. The molecule has 0 radical (unpaired) electrons. The molecule has 0 unspecified atom stereocenters. The molecular weight excluding hydrogens is 1020 g/mol. The van der Waals surface area contributed by atoms with Crippen molar-refractivity contribution in [3.8, 4) is 0 Å². The van der Waals surface area contributed by atoms with E-state index in [1.54, 1.807) is 0 Å². The van der Waals surface area contributed by atoms with Crippen molar-refractivity contribution in [2.45, 2.75) is 112 Å². The molecule has 8 amide bonds. The lowest BCUT2D eigenvalue weighted by Crippen LogP contribution is -2.61. The first kappa shape index (κ1) is 67.3. The number of carboxylic acids is 4. The standard InChI is InChI=1S/C39H68N18O19/c40-16(13-58)28(67)50-17(4-1-7-47-37(41)42)29(68)53-20(10-25(61)62)32(71)56-23(14-59)34(73)51-18(5-2-8-48-38(43)44)30(69)54-21(11-26(63)64)33(72)57-24(15-60)35(74)52-19(6-3-9-49-39(45)46)31(70)55-22(36(75)76)12-27(65)66/h16-24,58-60H,1-15,40H2,(H,50,67)(H,51,73)(H,52,74)(H,53,68)(H,54,69)(H,55,70)(H,56,71)(H,57,72)(H,61,62)(H,63,64)(H,65,66)(H,75,76)(H4,41,42,47)(H4,43,44,48)(H4,45,46,49)/t16-,17-,18-,19-,20-,21-,22-,23-,24-/m0/s1. The lowest BCUT2D eigenvalue weighted by Gasteiger charge is -2.27. The second kappa shape index (κ2) is 35.4. The predicted octanol–water partition coefficient (Wildman–Crippen LogP) is -12.2. The molecule has 0 aromatic rings. The summed E-state index contributed by atoms with van der Waals surface area (Å²) in [6.45, 7) is -3.74. The minimum atomic E-state index is -2.14. The number of amides is 8. The molecule has 0 saturated heterocycles. The van der Waals surface area contributed by atoms with Crippen LogP contribution in [0.4, 0.5) is 0 Å². The Kier molecular flexibility index (Phi) is 31.4. The average molecular weight is 1090 g/mol. The lowest BCUT2D eigenvalue weighted by molar-refractivity contribution is -0.147. The molecule has 29 N–H and O–H groups in total. The average Bonchev–Trinajstić information content (AvgIpc) is 3.32. The van der Waals surface area contributed by atoms with Gasteiger partial charge in [-0.25, -0.2) is 4.79 Å². The normalized spacial score (nSPS) is 14.2. The largest absolute Gasteiger partial charge is 0.481 e. The molecule has 0 fully saturated rings. The zero-order valence-corrected chi connectivity index (χ0v) is 40.7. The highest BCUT2D eigenvalue weighted by molar-refractivity contribution is 5.99. The SMILES string of the molecule is NC(N)=NCCC[C@H](NC(=O)[C@H](CO)NC(=O)[C@H](CC(=O)O)NC(=O)[C@H](CCCN=C(N)N)NC(=O)[C@H](CO)NC(=O)[C@H](CC(=O)O)NC(=O)[C@H](CCCN=C(N)N)NC(=O)[C@@H](N)CO)C(=O)N[C@@H](CC(=O)O)C(=O)O. The number of guanidine groups is 3. The van der Waals surface area contributed by atoms with Gasteiger partial charge in [0.15, 0.2) is 17.9 Å². The summed E-state index contributed by atoms with van der Waals surface area (Å²) in [4.78, 5) is 164. The van der Waals surface area contributed by atoms with Gasteiger partial charge in [-0.2, -0.15) is 0 Å². The number of aliphatic imine (C=N–C) groups is 3. The Bertz CT molecular complexity index is 2130. The zero-order chi connectivity index (χ0) is 58.2. The minimum absolute atomic E-state index is 0.0288. The first-order valence-corrected chi connectivity index (χ1v) is 22.6. The molecule has 0 aromatic heterocycles. The van der Waals surface area contributed by atoms with Crippen molar-refractivity contribution in [3.05, 3.63) is 0 Å². The van der Waals surface area contributed by atoms with E-state index < -0.39 is 177 Å². The van der Waals surface area contributed by atoms with Crippen LogP contribution in [0.1, 0.15) is 57.8 Å². The first-order valence-electron chi connectivity index (χ1n) is 22.6. The van der Waals surface area contributed by atoms with Crippen LogP contribution in [0.5, 0.6) is 0 Å². The molecule has 76 heavy (non-hydrogen) atoms. The Morgan fingerprint density at radius 3 is 0.842 bits per heavy atom. The van der Waals surface area contributed by atoms with Crippen LogP contribution in [0, 0.1) is 0 Å². The molecule has 0 aromatic carbocycles. The number of hydrogen-bond acceptors (Lipinski definition) is 19. The number of aliphatic hydroxyl groups is 3. The topological polar surface area (TPSA) is 662 Å². The van der Waals surface area contributed by atoms with E-state index in [1.807, 2.05) is 16.0 Å². The van der Waals surface area contributed by atoms with Crippen LogP contribution in [0.2, 0.25) is 0 Å². The Labute approximate surface area is 431 Å². The molecule has 0 aliphatic heterocycles. The Hall–Kier alpha value is -8.71. The van der Waals surface area contributed by atoms with Crippen molar-refractivity contribution in [3.63, 3.8) is 0 Å². The maximum Gasteiger partial charge on any atom is 0.326 e. The first-order chi connectivity index (χ1) is 35.6. The van der Waals surface area contributed by atoms with Gasteiger partial charge < -0.3 is 118 Å². The molecule has 37 heteroatoms. The van der Waals surface area contributed by atoms with E-state index in [2.05, 4.69) is 41.6 Å². The fourth-order valence-electron chi connectivity index (χ4n) is 6.12. The highest BCUT2D eigenvalue weighted by Crippen LogP contribution is 2.07. The number of aliphatic carboxylic acids is 4. The Balaban J connectivity index is 6.66. The maximum atomic E-state index is 13.8. The van der Waals surface area contributed by atoms with E-state index in [4.69, 9.17) is 45.2 Å². The van der Waals surface area contributed by atoms with E-state index in [1.165, 1.54) is 0 Å². The molecule has 0 saturated carbocycles. The second-order valence-corrected chi connectivity index (χ2v) is 16.1. The van der Waals surface area contributed by atoms with Crippen molar-refractivity contribution in [2.75, 3.05) is 39.5 Å². The van der Waals surface area contributed by atoms with Crippen molar-refractivity contribution >= 4 is 89.0 Å². The Morgan fingerprint density at radius 1 is 0.342 bits per heavy atom. The third-order valence-electron chi connectivity index (χ3n) is 9.92. The maximum absolute atomic E-state index is 13.8. The van der Waals surface area contributed by atoms with Gasteiger partial charge in [0.25, 0.3) is 0 Å². The summed E-state index contributed by atoms with van der Waals surface area (Å²) in [7, 11) is 0. The van der Waals surface area contributed by atoms with Crippen molar-refractivity contribution < 1.29 is 93.3 Å². The van der Waals surface area contributed by atoms with Gasteiger partial charge in [-0.05, 0) is 38.5 Å². The number of aliphatic hydroxyl groups excluding tert-OH is 3. The number of carbonyl (C=O) groups is 12. The quantitative estimate of drug-likeness (QED) is 0.0155.